The lowest BCUT2D eigenvalue weighted by Crippen LogP contribution is -2.53. The second-order valence-electron chi connectivity index (χ2n) is 11.6. The van der Waals surface area contributed by atoms with Crippen molar-refractivity contribution in [2.45, 2.75) is 71.6 Å². The van der Waals surface area contributed by atoms with Gasteiger partial charge in [-0.05, 0) is 70.9 Å². The molecule has 41 heavy (non-hydrogen) atoms. The number of amides is 1. The topological polar surface area (TPSA) is 99.7 Å². The maximum atomic E-state index is 13.3. The molecule has 0 aliphatic rings. The molecule has 7 nitrogen and oxygen atoms in total. The van der Waals surface area contributed by atoms with Crippen molar-refractivity contribution in [2.24, 2.45) is 5.92 Å². The Balaban J connectivity index is 1.59. The van der Waals surface area contributed by atoms with E-state index in [4.69, 9.17) is 17.0 Å². The number of carboxylic acid groups (broad SMARTS) is 1. The standard InChI is InChI=1S/C33H41N3O4S/c1-22(2)19-28(36-32(41)34-26-15-13-25(14-16-26)33(3,4)5)30(37)35-29(31(38)39)20-23-11-17-27(18-12-23)40-21-24-9-7-6-8-10-24/h6-18,22,28-29H,19-21H2,1-5H3,(H,35,37)(H,38,39)(H2,34,36,41). The lowest BCUT2D eigenvalue weighted by Gasteiger charge is -2.24. The number of benzene rings is 3. The molecule has 0 saturated carbocycles. The van der Waals surface area contributed by atoms with Crippen LogP contribution in [0, 0.1) is 5.92 Å². The van der Waals surface area contributed by atoms with Gasteiger partial charge in [0.2, 0.25) is 5.91 Å². The van der Waals surface area contributed by atoms with Gasteiger partial charge in [-0.2, -0.15) is 0 Å². The molecule has 8 heteroatoms. The molecule has 0 heterocycles. The number of carbonyl (C=O) groups is 2. The molecule has 218 valence electrons. The van der Waals surface area contributed by atoms with E-state index in [2.05, 4.69) is 36.7 Å². The van der Waals surface area contributed by atoms with Gasteiger partial charge in [-0.25, -0.2) is 4.79 Å². The average Bonchev–Trinajstić information content (AvgIpc) is 2.92. The highest BCUT2D eigenvalue weighted by molar-refractivity contribution is 7.80. The zero-order chi connectivity index (χ0) is 30.0. The van der Waals surface area contributed by atoms with Crippen LogP contribution in [0.5, 0.6) is 5.75 Å². The lowest BCUT2D eigenvalue weighted by molar-refractivity contribution is -0.142. The van der Waals surface area contributed by atoms with Crippen molar-refractivity contribution in [3.63, 3.8) is 0 Å². The van der Waals surface area contributed by atoms with Crippen molar-refractivity contribution in [3.8, 4) is 5.75 Å². The van der Waals surface area contributed by atoms with Crippen molar-refractivity contribution in [1.29, 1.82) is 0 Å². The predicted molar refractivity (Wildman–Crippen MR) is 168 cm³/mol. The van der Waals surface area contributed by atoms with Crippen LogP contribution in [0.1, 0.15) is 57.7 Å². The highest BCUT2D eigenvalue weighted by atomic mass is 32.1. The van der Waals surface area contributed by atoms with Gasteiger partial charge in [0.05, 0.1) is 0 Å². The summed E-state index contributed by atoms with van der Waals surface area (Å²) in [5.74, 6) is -0.658. The van der Waals surface area contributed by atoms with E-state index in [9.17, 15) is 14.7 Å². The fourth-order valence-electron chi connectivity index (χ4n) is 4.25. The maximum Gasteiger partial charge on any atom is 0.326 e. The first-order chi connectivity index (χ1) is 19.4. The Morgan fingerprint density at radius 1 is 0.854 bits per heavy atom. The number of thiocarbonyl (C=S) groups is 1. The Labute approximate surface area is 248 Å². The van der Waals surface area contributed by atoms with Crippen LogP contribution in [-0.4, -0.2) is 34.2 Å². The zero-order valence-corrected chi connectivity index (χ0v) is 25.3. The quantitative estimate of drug-likeness (QED) is 0.194. The molecule has 0 aliphatic carbocycles. The Bertz CT molecular complexity index is 1290. The number of aliphatic carboxylic acids is 1. The van der Waals surface area contributed by atoms with Crippen LogP contribution in [-0.2, 0) is 28.0 Å². The van der Waals surface area contributed by atoms with Crippen molar-refractivity contribution >= 4 is 34.9 Å². The Morgan fingerprint density at radius 2 is 1.49 bits per heavy atom. The third-order valence-electron chi connectivity index (χ3n) is 6.56. The Hall–Kier alpha value is -3.91. The van der Waals surface area contributed by atoms with E-state index in [0.717, 1.165) is 16.8 Å². The molecule has 0 bridgehead atoms. The summed E-state index contributed by atoms with van der Waals surface area (Å²) in [7, 11) is 0. The van der Waals surface area contributed by atoms with E-state index >= 15 is 0 Å². The number of rotatable bonds is 12. The largest absolute Gasteiger partial charge is 0.489 e. The van der Waals surface area contributed by atoms with Crippen molar-refractivity contribution in [1.82, 2.24) is 10.6 Å². The van der Waals surface area contributed by atoms with Crippen LogP contribution >= 0.6 is 12.2 Å². The van der Waals surface area contributed by atoms with E-state index in [-0.39, 0.29) is 17.8 Å². The molecule has 2 unspecified atom stereocenters. The van der Waals surface area contributed by atoms with Gasteiger partial charge in [-0.1, -0.05) is 89.2 Å². The summed E-state index contributed by atoms with van der Waals surface area (Å²) in [4.78, 5) is 25.3. The third kappa shape index (κ3) is 10.5. The van der Waals surface area contributed by atoms with E-state index in [1.807, 2.05) is 80.6 Å². The SMILES string of the molecule is CC(C)CC(NC(=S)Nc1ccc(C(C)(C)C)cc1)C(=O)NC(Cc1ccc(OCc2ccccc2)cc1)C(=O)O. The van der Waals surface area contributed by atoms with E-state index in [1.165, 1.54) is 5.56 Å². The smallest absolute Gasteiger partial charge is 0.326 e. The molecule has 0 saturated heterocycles. The Morgan fingerprint density at radius 3 is 2.05 bits per heavy atom. The molecule has 0 radical (unpaired) electrons. The summed E-state index contributed by atoms with van der Waals surface area (Å²) >= 11 is 5.50. The fraction of sp³-hybridized carbons (Fsp3) is 0.364. The molecule has 0 spiro atoms. The summed E-state index contributed by atoms with van der Waals surface area (Å²) in [6, 6.07) is 23.3. The van der Waals surface area contributed by atoms with Crippen molar-refractivity contribution in [3.05, 3.63) is 95.6 Å². The highest BCUT2D eigenvalue weighted by Gasteiger charge is 2.27. The third-order valence-corrected chi connectivity index (χ3v) is 6.78. The first-order valence-corrected chi connectivity index (χ1v) is 14.3. The lowest BCUT2D eigenvalue weighted by atomic mass is 9.87. The molecule has 3 aromatic rings. The summed E-state index contributed by atoms with van der Waals surface area (Å²) in [6.45, 7) is 10.9. The number of anilines is 1. The number of carbonyl (C=O) groups excluding carboxylic acids is 1. The highest BCUT2D eigenvalue weighted by Crippen LogP contribution is 2.23. The number of nitrogens with one attached hydrogen (secondary N) is 3. The van der Waals surface area contributed by atoms with Crippen molar-refractivity contribution < 1.29 is 19.4 Å². The van der Waals surface area contributed by atoms with E-state index < -0.39 is 24.0 Å². The minimum absolute atomic E-state index is 0.0383. The van der Waals surface area contributed by atoms with Gasteiger partial charge in [-0.3, -0.25) is 4.79 Å². The van der Waals surface area contributed by atoms with Crippen LogP contribution < -0.4 is 20.7 Å². The first-order valence-electron chi connectivity index (χ1n) is 13.9. The van der Waals surface area contributed by atoms with Crippen LogP contribution in [0.15, 0.2) is 78.9 Å². The summed E-state index contributed by atoms with van der Waals surface area (Å²) in [6.07, 6.45) is 0.619. The summed E-state index contributed by atoms with van der Waals surface area (Å²) in [5.41, 5.74) is 3.88. The molecular weight excluding hydrogens is 534 g/mol. The van der Waals surface area contributed by atoms with Gasteiger partial charge in [-0.15, -0.1) is 0 Å². The zero-order valence-electron chi connectivity index (χ0n) is 24.4. The molecule has 0 aromatic heterocycles. The second kappa shape index (κ2) is 14.6. The molecule has 3 rings (SSSR count). The molecule has 4 N–H and O–H groups in total. The molecule has 0 aliphatic heterocycles. The molecule has 2 atom stereocenters. The van der Waals surface area contributed by atoms with Gasteiger partial charge in [0.15, 0.2) is 5.11 Å². The molecule has 0 fully saturated rings. The minimum Gasteiger partial charge on any atom is -0.489 e. The minimum atomic E-state index is -1.11. The first kappa shape index (κ1) is 31.6. The van der Waals surface area contributed by atoms with Gasteiger partial charge in [0.1, 0.15) is 24.4 Å². The van der Waals surface area contributed by atoms with Crippen LogP contribution in [0.3, 0.4) is 0 Å². The van der Waals surface area contributed by atoms with Gasteiger partial charge in [0.25, 0.3) is 0 Å². The average molecular weight is 576 g/mol. The summed E-state index contributed by atoms with van der Waals surface area (Å²) in [5, 5.41) is 19.1. The number of hydrogen-bond acceptors (Lipinski definition) is 4. The number of carboxylic acids is 1. The monoisotopic (exact) mass is 575 g/mol. The summed E-state index contributed by atoms with van der Waals surface area (Å²) < 4.78 is 5.82. The van der Waals surface area contributed by atoms with Crippen LogP contribution in [0.2, 0.25) is 0 Å². The van der Waals surface area contributed by atoms with Gasteiger partial charge < -0.3 is 25.8 Å². The fourth-order valence-corrected chi connectivity index (χ4v) is 4.51. The van der Waals surface area contributed by atoms with Crippen LogP contribution in [0.4, 0.5) is 5.69 Å². The van der Waals surface area contributed by atoms with Gasteiger partial charge in [0, 0.05) is 12.1 Å². The molecular formula is C33H41N3O4S. The Kier molecular flexibility index (Phi) is 11.3. The number of ether oxygens (including phenoxy) is 1. The number of hydrogen-bond donors (Lipinski definition) is 4. The van der Waals surface area contributed by atoms with E-state index in [1.54, 1.807) is 12.1 Å². The predicted octanol–water partition coefficient (Wildman–Crippen LogP) is 6.08. The van der Waals surface area contributed by atoms with Crippen LogP contribution in [0.25, 0.3) is 0 Å². The second-order valence-corrected chi connectivity index (χ2v) is 12.0. The normalized spacial score (nSPS) is 12.7. The molecule has 1 amide bonds. The molecule has 3 aromatic carbocycles. The maximum absolute atomic E-state index is 13.3. The van der Waals surface area contributed by atoms with E-state index in [0.29, 0.717) is 23.9 Å². The van der Waals surface area contributed by atoms with Gasteiger partial charge >= 0.3 is 5.97 Å². The van der Waals surface area contributed by atoms with Crippen molar-refractivity contribution in [2.75, 3.05) is 5.32 Å².